The second kappa shape index (κ2) is 10.4. The van der Waals surface area contributed by atoms with Gasteiger partial charge in [-0.1, -0.05) is 0 Å². The summed E-state index contributed by atoms with van der Waals surface area (Å²) in [5, 5.41) is 14.0. The number of hydrogen-bond donors (Lipinski definition) is 1. The minimum absolute atomic E-state index is 0.0787. The summed E-state index contributed by atoms with van der Waals surface area (Å²) in [7, 11) is 1.63. The monoisotopic (exact) mass is 314 g/mol. The molecule has 118 valence electrons. The summed E-state index contributed by atoms with van der Waals surface area (Å²) < 4.78 is 10.7. The van der Waals surface area contributed by atoms with Gasteiger partial charge in [-0.25, -0.2) is 0 Å². The van der Waals surface area contributed by atoms with Crippen LogP contribution < -0.4 is 10.1 Å². The van der Waals surface area contributed by atoms with Gasteiger partial charge in [-0.05, 0) is 24.5 Å². The van der Waals surface area contributed by atoms with E-state index in [0.29, 0.717) is 32.1 Å². The number of non-ortho nitro benzene ring substituents is 1. The van der Waals surface area contributed by atoms with Crippen LogP contribution >= 0.6 is 11.8 Å². The van der Waals surface area contributed by atoms with Crippen molar-refractivity contribution in [2.75, 3.05) is 38.9 Å². The van der Waals surface area contributed by atoms with E-state index < -0.39 is 4.92 Å². The molecule has 7 heteroatoms. The average molecular weight is 314 g/mol. The molecule has 1 aromatic rings. The fourth-order valence-electron chi connectivity index (χ4n) is 1.74. The first-order valence-electron chi connectivity index (χ1n) is 6.77. The summed E-state index contributed by atoms with van der Waals surface area (Å²) in [6.07, 6.45) is 3.01. The molecule has 0 amide bonds. The van der Waals surface area contributed by atoms with Crippen LogP contribution in [0.2, 0.25) is 0 Å². The Morgan fingerprint density at radius 3 is 2.86 bits per heavy atom. The number of nitrogens with zero attached hydrogens (tertiary/aromatic N) is 1. The van der Waals surface area contributed by atoms with Gasteiger partial charge in [0, 0.05) is 37.9 Å². The Balaban J connectivity index is 2.67. The van der Waals surface area contributed by atoms with E-state index in [1.807, 2.05) is 0 Å². The SMILES string of the molecule is COCCNCc1cc([N+](=O)[O-])ccc1OCCCSC. The van der Waals surface area contributed by atoms with Gasteiger partial charge < -0.3 is 14.8 Å². The molecule has 0 bridgehead atoms. The van der Waals surface area contributed by atoms with Crippen LogP contribution in [0.5, 0.6) is 5.75 Å². The molecule has 21 heavy (non-hydrogen) atoms. The van der Waals surface area contributed by atoms with Crippen LogP contribution in [0.15, 0.2) is 18.2 Å². The molecule has 0 unspecified atom stereocenters. The number of rotatable bonds is 11. The Morgan fingerprint density at radius 2 is 2.19 bits per heavy atom. The Hall–Kier alpha value is -1.31. The highest BCUT2D eigenvalue weighted by molar-refractivity contribution is 7.98. The van der Waals surface area contributed by atoms with Gasteiger partial charge >= 0.3 is 0 Å². The molecule has 0 atom stereocenters. The van der Waals surface area contributed by atoms with Crippen LogP contribution in [0, 0.1) is 10.1 Å². The van der Waals surface area contributed by atoms with E-state index in [1.54, 1.807) is 31.0 Å². The smallest absolute Gasteiger partial charge is 0.270 e. The van der Waals surface area contributed by atoms with Gasteiger partial charge in [-0.2, -0.15) is 11.8 Å². The van der Waals surface area contributed by atoms with Crippen molar-refractivity contribution in [1.82, 2.24) is 5.32 Å². The second-order valence-corrected chi connectivity index (χ2v) is 5.40. The lowest BCUT2D eigenvalue weighted by molar-refractivity contribution is -0.384. The summed E-state index contributed by atoms with van der Waals surface area (Å²) in [5.41, 5.74) is 0.874. The maximum Gasteiger partial charge on any atom is 0.270 e. The van der Waals surface area contributed by atoms with Crippen molar-refractivity contribution in [3.05, 3.63) is 33.9 Å². The molecule has 0 saturated heterocycles. The van der Waals surface area contributed by atoms with Crippen LogP contribution in [-0.4, -0.2) is 43.8 Å². The van der Waals surface area contributed by atoms with Crippen molar-refractivity contribution in [1.29, 1.82) is 0 Å². The lowest BCUT2D eigenvalue weighted by Crippen LogP contribution is -2.19. The molecular weight excluding hydrogens is 292 g/mol. The summed E-state index contributed by atoms with van der Waals surface area (Å²) in [6.45, 7) is 2.41. The van der Waals surface area contributed by atoms with Crippen molar-refractivity contribution >= 4 is 17.4 Å². The quantitative estimate of drug-likeness (QED) is 0.384. The number of nitrogens with one attached hydrogen (secondary N) is 1. The Bertz CT molecular complexity index is 443. The molecule has 0 fully saturated rings. The maximum atomic E-state index is 10.9. The third-order valence-electron chi connectivity index (χ3n) is 2.80. The van der Waals surface area contributed by atoms with Gasteiger partial charge in [0.25, 0.3) is 5.69 Å². The highest BCUT2D eigenvalue weighted by Gasteiger charge is 2.11. The second-order valence-electron chi connectivity index (χ2n) is 4.41. The van der Waals surface area contributed by atoms with E-state index in [9.17, 15) is 10.1 Å². The van der Waals surface area contributed by atoms with Crippen LogP contribution in [0.3, 0.4) is 0 Å². The molecule has 1 aromatic carbocycles. The van der Waals surface area contributed by atoms with Crippen LogP contribution in [0.4, 0.5) is 5.69 Å². The van der Waals surface area contributed by atoms with E-state index in [2.05, 4.69) is 11.6 Å². The lowest BCUT2D eigenvalue weighted by Gasteiger charge is -2.12. The van der Waals surface area contributed by atoms with Crippen molar-refractivity contribution in [3.63, 3.8) is 0 Å². The van der Waals surface area contributed by atoms with Gasteiger partial charge in [-0.15, -0.1) is 0 Å². The van der Waals surface area contributed by atoms with Gasteiger partial charge in [0.15, 0.2) is 0 Å². The van der Waals surface area contributed by atoms with Crippen molar-refractivity contribution in [3.8, 4) is 5.75 Å². The molecule has 6 nitrogen and oxygen atoms in total. The van der Waals surface area contributed by atoms with E-state index >= 15 is 0 Å². The normalized spacial score (nSPS) is 10.6. The zero-order valence-corrected chi connectivity index (χ0v) is 13.3. The topological polar surface area (TPSA) is 73.6 Å². The standard InChI is InChI=1S/C14H22N2O4S/c1-19-8-6-15-11-12-10-13(16(17)18)4-5-14(12)20-7-3-9-21-2/h4-5,10,15H,3,6-9,11H2,1-2H3. The number of benzene rings is 1. The van der Waals surface area contributed by atoms with Crippen LogP contribution in [-0.2, 0) is 11.3 Å². The van der Waals surface area contributed by atoms with Crippen LogP contribution in [0.1, 0.15) is 12.0 Å². The average Bonchev–Trinajstić information content (AvgIpc) is 2.48. The highest BCUT2D eigenvalue weighted by Crippen LogP contribution is 2.24. The predicted octanol–water partition coefficient (Wildman–Crippen LogP) is 2.46. The largest absolute Gasteiger partial charge is 0.493 e. The number of hydrogen-bond acceptors (Lipinski definition) is 6. The molecule has 0 aliphatic rings. The van der Waals surface area contributed by atoms with Crippen molar-refractivity contribution in [2.45, 2.75) is 13.0 Å². The van der Waals surface area contributed by atoms with Gasteiger partial charge in [0.1, 0.15) is 5.75 Å². The molecule has 0 aliphatic carbocycles. The molecular formula is C14H22N2O4S. The molecule has 0 aliphatic heterocycles. The zero-order chi connectivity index (χ0) is 15.5. The zero-order valence-electron chi connectivity index (χ0n) is 12.5. The first kappa shape index (κ1) is 17.7. The summed E-state index contributed by atoms with van der Waals surface area (Å²) >= 11 is 1.77. The molecule has 1 N–H and O–H groups in total. The Kier molecular flexibility index (Phi) is 8.80. The first-order chi connectivity index (χ1) is 10.2. The maximum absolute atomic E-state index is 10.9. The summed E-state index contributed by atoms with van der Waals surface area (Å²) in [4.78, 5) is 10.5. The van der Waals surface area contributed by atoms with Crippen LogP contribution in [0.25, 0.3) is 0 Å². The fraction of sp³-hybridized carbons (Fsp3) is 0.571. The molecule has 0 spiro atoms. The minimum atomic E-state index is -0.393. The summed E-state index contributed by atoms with van der Waals surface area (Å²) in [5.74, 6) is 1.74. The number of nitro benzene ring substituents is 1. The third kappa shape index (κ3) is 6.79. The predicted molar refractivity (Wildman–Crippen MR) is 85.2 cm³/mol. The summed E-state index contributed by atoms with van der Waals surface area (Å²) in [6, 6.07) is 4.71. The number of methoxy groups -OCH3 is 1. The third-order valence-corrected chi connectivity index (χ3v) is 3.50. The lowest BCUT2D eigenvalue weighted by atomic mass is 10.1. The molecule has 0 radical (unpaired) electrons. The molecule has 0 heterocycles. The van der Waals surface area contributed by atoms with E-state index in [4.69, 9.17) is 9.47 Å². The molecule has 0 aromatic heterocycles. The Labute approximate surface area is 129 Å². The highest BCUT2D eigenvalue weighted by atomic mass is 32.2. The number of nitro groups is 1. The van der Waals surface area contributed by atoms with Crippen molar-refractivity contribution < 1.29 is 14.4 Å². The molecule has 0 saturated carbocycles. The number of ether oxygens (including phenoxy) is 2. The van der Waals surface area contributed by atoms with E-state index in [1.165, 1.54) is 6.07 Å². The molecule has 1 rings (SSSR count). The Morgan fingerprint density at radius 1 is 1.38 bits per heavy atom. The van der Waals surface area contributed by atoms with E-state index in [0.717, 1.165) is 17.7 Å². The first-order valence-corrected chi connectivity index (χ1v) is 8.17. The van der Waals surface area contributed by atoms with Crippen molar-refractivity contribution in [2.24, 2.45) is 0 Å². The number of thioether (sulfide) groups is 1. The van der Waals surface area contributed by atoms with E-state index in [-0.39, 0.29) is 5.69 Å². The minimum Gasteiger partial charge on any atom is -0.493 e. The van der Waals surface area contributed by atoms with Gasteiger partial charge in [0.2, 0.25) is 0 Å². The fourth-order valence-corrected chi connectivity index (χ4v) is 2.15. The van der Waals surface area contributed by atoms with Gasteiger partial charge in [0.05, 0.1) is 18.1 Å². The van der Waals surface area contributed by atoms with Gasteiger partial charge in [-0.3, -0.25) is 10.1 Å².